The Labute approximate surface area is 145 Å². The van der Waals surface area contributed by atoms with Gasteiger partial charge in [-0.1, -0.05) is 6.07 Å². The average molecular weight is 374 g/mol. The molecule has 1 aromatic rings. The Morgan fingerprint density at radius 3 is 2.35 bits per heavy atom. The Kier molecular flexibility index (Phi) is 8.90. The first kappa shape index (κ1) is 22.0. The molecule has 4 nitrogen and oxygen atoms in total. The van der Waals surface area contributed by atoms with Gasteiger partial charge in [0.15, 0.2) is 0 Å². The van der Waals surface area contributed by atoms with E-state index < -0.39 is 11.7 Å². The summed E-state index contributed by atoms with van der Waals surface area (Å²) in [4.78, 5) is 16.0. The second kappa shape index (κ2) is 9.32. The Balaban J connectivity index is 0.00000242. The fraction of sp³-hybridized carbons (Fsp3) is 0.500. The number of anilines is 1. The van der Waals surface area contributed by atoms with Gasteiger partial charge in [-0.2, -0.15) is 13.2 Å². The van der Waals surface area contributed by atoms with Crippen LogP contribution >= 0.6 is 24.8 Å². The van der Waals surface area contributed by atoms with Gasteiger partial charge in [0.1, 0.15) is 0 Å². The molecule has 1 heterocycles. The number of carbonyl (C=O) groups excluding carboxylic acids is 1. The standard InChI is InChI=1S/C14H18F3N3O.2ClH/c1-19-5-7-20(8-6-19)10-13(21)18-12-4-2-3-11(9-12)14(15,16)17;;/h2-4,9H,5-8,10H2,1H3,(H,18,21);2*1H. The van der Waals surface area contributed by atoms with E-state index in [0.29, 0.717) is 0 Å². The first-order valence-electron chi connectivity index (χ1n) is 6.72. The average Bonchev–Trinajstić information content (AvgIpc) is 2.41. The summed E-state index contributed by atoms with van der Waals surface area (Å²) in [6, 6.07) is 4.67. The highest BCUT2D eigenvalue weighted by atomic mass is 35.5. The molecular formula is C14H20Cl2F3N3O. The number of nitrogens with one attached hydrogen (secondary N) is 1. The molecule has 1 saturated heterocycles. The van der Waals surface area contributed by atoms with Crippen LogP contribution in [-0.2, 0) is 11.0 Å². The highest BCUT2D eigenvalue weighted by Crippen LogP contribution is 2.30. The van der Waals surface area contributed by atoms with Gasteiger partial charge in [-0.3, -0.25) is 9.69 Å². The molecule has 2 rings (SSSR count). The van der Waals surface area contributed by atoms with Gasteiger partial charge >= 0.3 is 6.18 Å². The van der Waals surface area contributed by atoms with E-state index in [4.69, 9.17) is 0 Å². The van der Waals surface area contributed by atoms with Gasteiger partial charge in [-0.05, 0) is 25.2 Å². The third-order valence-corrected chi connectivity index (χ3v) is 3.44. The molecule has 0 aromatic heterocycles. The van der Waals surface area contributed by atoms with Crippen LogP contribution < -0.4 is 5.32 Å². The summed E-state index contributed by atoms with van der Waals surface area (Å²) in [5.41, 5.74) is -0.594. The number of amides is 1. The van der Waals surface area contributed by atoms with Crippen molar-refractivity contribution >= 4 is 36.4 Å². The number of hydrogen-bond acceptors (Lipinski definition) is 3. The van der Waals surface area contributed by atoms with Crippen molar-refractivity contribution in [2.75, 3.05) is 45.1 Å². The zero-order chi connectivity index (χ0) is 15.5. The highest BCUT2D eigenvalue weighted by molar-refractivity contribution is 5.92. The van der Waals surface area contributed by atoms with E-state index in [9.17, 15) is 18.0 Å². The second-order valence-corrected chi connectivity index (χ2v) is 5.21. The third-order valence-electron chi connectivity index (χ3n) is 3.44. The van der Waals surface area contributed by atoms with E-state index in [1.807, 2.05) is 11.9 Å². The maximum Gasteiger partial charge on any atom is 0.416 e. The van der Waals surface area contributed by atoms with Gasteiger partial charge in [0.05, 0.1) is 12.1 Å². The molecule has 23 heavy (non-hydrogen) atoms. The van der Waals surface area contributed by atoms with Crippen molar-refractivity contribution in [1.82, 2.24) is 9.80 Å². The largest absolute Gasteiger partial charge is 0.416 e. The number of likely N-dealkylation sites (N-methyl/N-ethyl adjacent to an activating group) is 1. The van der Waals surface area contributed by atoms with Gasteiger partial charge in [-0.15, -0.1) is 24.8 Å². The number of benzene rings is 1. The molecular weight excluding hydrogens is 354 g/mol. The first-order valence-corrected chi connectivity index (χ1v) is 6.72. The Bertz CT molecular complexity index is 506. The Hall–Kier alpha value is -1.02. The number of hydrogen-bond donors (Lipinski definition) is 1. The second-order valence-electron chi connectivity index (χ2n) is 5.21. The molecule has 0 saturated carbocycles. The van der Waals surface area contributed by atoms with Crippen LogP contribution in [0.3, 0.4) is 0 Å². The molecule has 132 valence electrons. The molecule has 0 atom stereocenters. The Morgan fingerprint density at radius 2 is 1.78 bits per heavy atom. The van der Waals surface area contributed by atoms with E-state index in [1.165, 1.54) is 12.1 Å². The molecule has 1 aliphatic rings. The number of halogens is 5. The van der Waals surface area contributed by atoms with Gasteiger partial charge in [0.2, 0.25) is 5.91 Å². The molecule has 1 fully saturated rings. The summed E-state index contributed by atoms with van der Waals surface area (Å²) in [6.45, 7) is 3.54. The van der Waals surface area contributed by atoms with Crippen LogP contribution in [0.1, 0.15) is 5.56 Å². The first-order chi connectivity index (χ1) is 9.84. The highest BCUT2D eigenvalue weighted by Gasteiger charge is 2.30. The van der Waals surface area contributed by atoms with E-state index >= 15 is 0 Å². The monoisotopic (exact) mass is 373 g/mol. The molecule has 0 aliphatic carbocycles. The molecule has 1 aliphatic heterocycles. The van der Waals surface area contributed by atoms with Crippen LogP contribution in [0.5, 0.6) is 0 Å². The summed E-state index contributed by atoms with van der Waals surface area (Å²) in [7, 11) is 2.01. The molecule has 0 unspecified atom stereocenters. The van der Waals surface area contributed by atoms with Crippen LogP contribution in [0, 0.1) is 0 Å². The predicted octanol–water partition coefficient (Wildman–Crippen LogP) is 2.73. The van der Waals surface area contributed by atoms with E-state index in [-0.39, 0.29) is 43.0 Å². The quantitative estimate of drug-likeness (QED) is 0.884. The predicted molar refractivity (Wildman–Crippen MR) is 88.5 cm³/mol. The van der Waals surface area contributed by atoms with Crippen LogP contribution in [0.4, 0.5) is 18.9 Å². The summed E-state index contributed by atoms with van der Waals surface area (Å²) >= 11 is 0. The van der Waals surface area contributed by atoms with Crippen molar-refractivity contribution in [3.63, 3.8) is 0 Å². The van der Waals surface area contributed by atoms with Gasteiger partial charge in [-0.25, -0.2) is 0 Å². The normalized spacial score (nSPS) is 16.2. The van der Waals surface area contributed by atoms with Crippen molar-refractivity contribution < 1.29 is 18.0 Å². The zero-order valence-corrected chi connectivity index (χ0v) is 14.2. The fourth-order valence-electron chi connectivity index (χ4n) is 2.18. The minimum atomic E-state index is -4.40. The lowest BCUT2D eigenvalue weighted by atomic mass is 10.2. The summed E-state index contributed by atoms with van der Waals surface area (Å²) < 4.78 is 37.8. The SMILES string of the molecule is CN1CCN(CC(=O)Nc2cccc(C(F)(F)F)c2)CC1.Cl.Cl. The number of rotatable bonds is 3. The summed E-state index contributed by atoms with van der Waals surface area (Å²) in [6.07, 6.45) is -4.40. The smallest absolute Gasteiger partial charge is 0.325 e. The van der Waals surface area contributed by atoms with Crippen LogP contribution in [0.15, 0.2) is 24.3 Å². The van der Waals surface area contributed by atoms with Gasteiger partial charge < -0.3 is 10.2 Å². The molecule has 0 radical (unpaired) electrons. The van der Waals surface area contributed by atoms with Crippen molar-refractivity contribution in [3.05, 3.63) is 29.8 Å². The van der Waals surface area contributed by atoms with E-state index in [0.717, 1.165) is 38.3 Å². The van der Waals surface area contributed by atoms with Gasteiger partial charge in [0, 0.05) is 31.9 Å². The van der Waals surface area contributed by atoms with Crippen LogP contribution in [0.2, 0.25) is 0 Å². The maximum atomic E-state index is 12.6. The fourth-order valence-corrected chi connectivity index (χ4v) is 2.18. The lowest BCUT2D eigenvalue weighted by Gasteiger charge is -2.31. The van der Waals surface area contributed by atoms with Crippen LogP contribution in [-0.4, -0.2) is 55.5 Å². The van der Waals surface area contributed by atoms with E-state index in [1.54, 1.807) is 0 Å². The molecule has 1 N–H and O–H groups in total. The maximum absolute atomic E-state index is 12.6. The lowest BCUT2D eigenvalue weighted by molar-refractivity contribution is -0.137. The molecule has 0 spiro atoms. The number of nitrogens with zero attached hydrogens (tertiary/aromatic N) is 2. The molecule has 0 bridgehead atoms. The minimum absolute atomic E-state index is 0. The third kappa shape index (κ3) is 6.95. The summed E-state index contributed by atoms with van der Waals surface area (Å²) in [5, 5.41) is 2.52. The zero-order valence-electron chi connectivity index (χ0n) is 12.6. The molecule has 9 heteroatoms. The molecule has 1 amide bonds. The van der Waals surface area contributed by atoms with Crippen molar-refractivity contribution in [2.24, 2.45) is 0 Å². The van der Waals surface area contributed by atoms with E-state index in [2.05, 4.69) is 10.2 Å². The topological polar surface area (TPSA) is 35.6 Å². The number of piperazine rings is 1. The Morgan fingerprint density at radius 1 is 1.17 bits per heavy atom. The molecule has 1 aromatic carbocycles. The number of alkyl halides is 3. The minimum Gasteiger partial charge on any atom is -0.325 e. The van der Waals surface area contributed by atoms with Gasteiger partial charge in [0.25, 0.3) is 0 Å². The lowest BCUT2D eigenvalue weighted by Crippen LogP contribution is -2.47. The van der Waals surface area contributed by atoms with Crippen molar-refractivity contribution in [1.29, 1.82) is 0 Å². The van der Waals surface area contributed by atoms with Crippen molar-refractivity contribution in [2.45, 2.75) is 6.18 Å². The van der Waals surface area contributed by atoms with Crippen molar-refractivity contribution in [3.8, 4) is 0 Å². The van der Waals surface area contributed by atoms with Crippen LogP contribution in [0.25, 0.3) is 0 Å². The number of carbonyl (C=O) groups is 1. The summed E-state index contributed by atoms with van der Waals surface area (Å²) in [5.74, 6) is -0.293.